The third-order valence-electron chi connectivity index (χ3n) is 5.10. The minimum Gasteiger partial charge on any atom is -0.367 e. The van der Waals surface area contributed by atoms with Crippen LogP contribution in [0.3, 0.4) is 0 Å². The number of hydrogen-bond acceptors (Lipinski definition) is 7. The summed E-state index contributed by atoms with van der Waals surface area (Å²) in [5.41, 5.74) is 3.10. The molecule has 0 spiro atoms. The van der Waals surface area contributed by atoms with Gasteiger partial charge in [0.25, 0.3) is 5.91 Å². The fourth-order valence-electron chi connectivity index (χ4n) is 3.57. The van der Waals surface area contributed by atoms with Gasteiger partial charge in [-0.3, -0.25) is 9.89 Å². The van der Waals surface area contributed by atoms with Crippen LogP contribution in [0, 0.1) is 0 Å². The normalized spacial score (nSPS) is 14.0. The number of carbonyl (C=O) groups excluding carboxylic acids is 1. The highest BCUT2D eigenvalue weighted by molar-refractivity contribution is 9.10. The summed E-state index contributed by atoms with van der Waals surface area (Å²) in [6, 6.07) is 13.8. The van der Waals surface area contributed by atoms with Gasteiger partial charge in [-0.05, 0) is 30.3 Å². The number of aromatic amines is 1. The largest absolute Gasteiger partial charge is 0.367 e. The zero-order valence-electron chi connectivity index (χ0n) is 16.5. The second-order valence-electron chi connectivity index (χ2n) is 7.13. The molecule has 2 aromatic carbocycles. The SMILES string of the molecule is O=C(Nc1ccccc1N1CCNCC1)c1csc(Nc2n[nH]c3ccc(Br)cc23)n1. The van der Waals surface area contributed by atoms with E-state index in [-0.39, 0.29) is 5.91 Å². The van der Waals surface area contributed by atoms with E-state index >= 15 is 0 Å². The highest BCUT2D eigenvalue weighted by atomic mass is 79.9. The first kappa shape index (κ1) is 20.0. The van der Waals surface area contributed by atoms with Gasteiger partial charge in [0, 0.05) is 41.4 Å². The Hall–Kier alpha value is -2.95. The molecule has 5 rings (SSSR count). The Morgan fingerprint density at radius 3 is 2.87 bits per heavy atom. The van der Waals surface area contributed by atoms with Gasteiger partial charge in [-0.15, -0.1) is 11.3 Å². The maximum Gasteiger partial charge on any atom is 0.275 e. The molecule has 0 aliphatic carbocycles. The minimum atomic E-state index is -0.235. The lowest BCUT2D eigenvalue weighted by atomic mass is 10.2. The molecular formula is C21H20BrN7OS. The Morgan fingerprint density at radius 2 is 2.00 bits per heavy atom. The fourth-order valence-corrected chi connectivity index (χ4v) is 4.62. The van der Waals surface area contributed by atoms with Crippen LogP contribution in [0.1, 0.15) is 10.5 Å². The van der Waals surface area contributed by atoms with Gasteiger partial charge in [0.2, 0.25) is 0 Å². The topological polar surface area (TPSA) is 98.0 Å². The van der Waals surface area contributed by atoms with Crippen molar-refractivity contribution in [2.45, 2.75) is 0 Å². The summed E-state index contributed by atoms with van der Waals surface area (Å²) in [4.78, 5) is 19.6. The van der Waals surface area contributed by atoms with Gasteiger partial charge in [0.15, 0.2) is 10.9 Å². The maximum atomic E-state index is 12.9. The number of aromatic nitrogens is 3. The van der Waals surface area contributed by atoms with Gasteiger partial charge in [-0.25, -0.2) is 4.98 Å². The summed E-state index contributed by atoms with van der Waals surface area (Å²) in [6.45, 7) is 3.68. The molecule has 2 aromatic heterocycles. The summed E-state index contributed by atoms with van der Waals surface area (Å²) >= 11 is 4.85. The molecule has 158 valence electrons. The number of thiazole rings is 1. The van der Waals surface area contributed by atoms with Crippen LogP contribution in [0.5, 0.6) is 0 Å². The Balaban J connectivity index is 1.32. The van der Waals surface area contributed by atoms with Crippen LogP contribution in [0.25, 0.3) is 10.9 Å². The van der Waals surface area contributed by atoms with E-state index in [1.165, 1.54) is 11.3 Å². The van der Waals surface area contributed by atoms with E-state index in [0.29, 0.717) is 16.6 Å². The van der Waals surface area contributed by atoms with Crippen LogP contribution in [0.2, 0.25) is 0 Å². The standard InChI is InChI=1S/C21H20BrN7OS/c22-13-5-6-15-14(11-13)19(28-27-15)26-21-25-17(12-31-21)20(30)24-16-3-1-2-4-18(16)29-9-7-23-8-10-29/h1-6,11-12,23H,7-10H2,(H,24,30)(H2,25,26,27,28). The van der Waals surface area contributed by atoms with E-state index in [1.807, 2.05) is 42.5 Å². The van der Waals surface area contributed by atoms with E-state index < -0.39 is 0 Å². The van der Waals surface area contributed by atoms with Crippen LogP contribution in [-0.4, -0.2) is 47.3 Å². The van der Waals surface area contributed by atoms with Crippen molar-refractivity contribution < 1.29 is 4.79 Å². The number of hydrogen-bond donors (Lipinski definition) is 4. The highest BCUT2D eigenvalue weighted by Gasteiger charge is 2.18. The molecule has 4 N–H and O–H groups in total. The zero-order valence-corrected chi connectivity index (χ0v) is 18.9. The number of halogens is 1. The monoisotopic (exact) mass is 497 g/mol. The average Bonchev–Trinajstić information content (AvgIpc) is 3.42. The summed E-state index contributed by atoms with van der Waals surface area (Å²) in [5.74, 6) is 0.433. The van der Waals surface area contributed by atoms with Crippen molar-refractivity contribution in [3.05, 3.63) is 58.0 Å². The molecule has 0 bridgehead atoms. The number of carbonyl (C=O) groups is 1. The number of anilines is 4. The number of piperazine rings is 1. The van der Waals surface area contributed by atoms with Crippen molar-refractivity contribution in [3.63, 3.8) is 0 Å². The van der Waals surface area contributed by atoms with E-state index in [0.717, 1.165) is 52.9 Å². The Kier molecular flexibility index (Phi) is 5.58. The van der Waals surface area contributed by atoms with Crippen LogP contribution < -0.4 is 20.9 Å². The molecule has 1 amide bonds. The van der Waals surface area contributed by atoms with Gasteiger partial charge in [0.1, 0.15) is 5.69 Å². The molecule has 0 radical (unpaired) electrons. The number of nitrogens with zero attached hydrogens (tertiary/aromatic N) is 3. The number of rotatable bonds is 5. The summed E-state index contributed by atoms with van der Waals surface area (Å²) in [7, 11) is 0. The summed E-state index contributed by atoms with van der Waals surface area (Å²) < 4.78 is 0.965. The lowest BCUT2D eigenvalue weighted by Crippen LogP contribution is -2.43. The van der Waals surface area contributed by atoms with E-state index in [2.05, 4.69) is 52.0 Å². The van der Waals surface area contributed by atoms with Gasteiger partial charge < -0.3 is 20.9 Å². The van der Waals surface area contributed by atoms with Crippen LogP contribution in [0.15, 0.2) is 52.3 Å². The molecule has 10 heteroatoms. The van der Waals surface area contributed by atoms with Crippen LogP contribution >= 0.6 is 27.3 Å². The molecule has 3 heterocycles. The molecule has 1 saturated heterocycles. The molecule has 1 fully saturated rings. The first-order chi connectivity index (χ1) is 15.2. The van der Waals surface area contributed by atoms with Crippen molar-refractivity contribution in [2.24, 2.45) is 0 Å². The van der Waals surface area contributed by atoms with Gasteiger partial charge >= 0.3 is 0 Å². The predicted molar refractivity (Wildman–Crippen MR) is 129 cm³/mol. The first-order valence-corrected chi connectivity index (χ1v) is 11.6. The smallest absolute Gasteiger partial charge is 0.275 e. The van der Waals surface area contributed by atoms with Gasteiger partial charge in [-0.1, -0.05) is 28.1 Å². The lowest BCUT2D eigenvalue weighted by Gasteiger charge is -2.31. The highest BCUT2D eigenvalue weighted by Crippen LogP contribution is 2.29. The number of amides is 1. The van der Waals surface area contributed by atoms with Crippen LogP contribution in [-0.2, 0) is 0 Å². The van der Waals surface area contributed by atoms with Crippen molar-refractivity contribution >= 4 is 66.4 Å². The van der Waals surface area contributed by atoms with E-state index in [1.54, 1.807) is 5.38 Å². The lowest BCUT2D eigenvalue weighted by molar-refractivity contribution is 0.102. The zero-order chi connectivity index (χ0) is 21.2. The number of H-pyrrole nitrogens is 1. The molecule has 4 aromatic rings. The van der Waals surface area contributed by atoms with Crippen molar-refractivity contribution in [1.29, 1.82) is 0 Å². The van der Waals surface area contributed by atoms with Crippen LogP contribution in [0.4, 0.5) is 22.3 Å². The summed E-state index contributed by atoms with van der Waals surface area (Å²) in [5, 5.41) is 20.2. The number of nitrogens with one attached hydrogen (secondary N) is 4. The maximum absolute atomic E-state index is 12.9. The molecule has 1 aliphatic heterocycles. The molecule has 31 heavy (non-hydrogen) atoms. The first-order valence-electron chi connectivity index (χ1n) is 9.89. The Morgan fingerprint density at radius 1 is 1.16 bits per heavy atom. The number of para-hydroxylation sites is 2. The Labute approximate surface area is 191 Å². The molecule has 1 aliphatic rings. The van der Waals surface area contributed by atoms with Gasteiger partial charge in [0.05, 0.1) is 16.9 Å². The van der Waals surface area contributed by atoms with E-state index in [9.17, 15) is 4.79 Å². The minimum absolute atomic E-state index is 0.235. The van der Waals surface area contributed by atoms with Crippen molar-refractivity contribution in [3.8, 4) is 0 Å². The average molecular weight is 498 g/mol. The fraction of sp³-hybridized carbons (Fsp3) is 0.190. The molecule has 0 unspecified atom stereocenters. The second kappa shape index (κ2) is 8.66. The summed E-state index contributed by atoms with van der Waals surface area (Å²) in [6.07, 6.45) is 0. The Bertz CT molecular complexity index is 1230. The quantitative estimate of drug-likeness (QED) is 0.330. The molecule has 0 saturated carbocycles. The van der Waals surface area contributed by atoms with E-state index in [4.69, 9.17) is 0 Å². The predicted octanol–water partition coefficient (Wildman–Crippen LogP) is 4.19. The van der Waals surface area contributed by atoms with Crippen molar-refractivity contribution in [2.75, 3.05) is 41.7 Å². The number of benzene rings is 2. The molecule has 8 nitrogen and oxygen atoms in total. The third-order valence-corrected chi connectivity index (χ3v) is 6.35. The second-order valence-corrected chi connectivity index (χ2v) is 8.91. The van der Waals surface area contributed by atoms with Crippen molar-refractivity contribution in [1.82, 2.24) is 20.5 Å². The molecular weight excluding hydrogens is 478 g/mol. The van der Waals surface area contributed by atoms with Gasteiger partial charge in [-0.2, -0.15) is 5.10 Å². The third kappa shape index (κ3) is 4.27. The number of fused-ring (bicyclic) bond motifs is 1. The molecule has 0 atom stereocenters.